The van der Waals surface area contributed by atoms with Crippen LogP contribution in [0.15, 0.2) is 42.7 Å². The van der Waals surface area contributed by atoms with Crippen molar-refractivity contribution in [1.29, 1.82) is 0 Å². The molecule has 0 saturated carbocycles. The van der Waals surface area contributed by atoms with Crippen LogP contribution in [-0.4, -0.2) is 28.8 Å². The number of benzene rings is 1. The normalized spacial score (nSPS) is 16.2. The molecule has 2 heterocycles. The molecule has 0 radical (unpaired) electrons. The van der Waals surface area contributed by atoms with Gasteiger partial charge in [-0.05, 0) is 12.5 Å². The van der Waals surface area contributed by atoms with Crippen LogP contribution in [0.4, 0.5) is 0 Å². The average molecular weight is 285 g/mol. The van der Waals surface area contributed by atoms with Gasteiger partial charge in [-0.1, -0.05) is 30.3 Å². The summed E-state index contributed by atoms with van der Waals surface area (Å²) in [5, 5.41) is 7.54. The van der Waals surface area contributed by atoms with Crippen molar-refractivity contribution in [1.82, 2.24) is 15.1 Å². The smallest absolute Gasteiger partial charge is 0.313 e. The molecule has 1 saturated heterocycles. The van der Waals surface area contributed by atoms with Crippen molar-refractivity contribution in [2.24, 2.45) is 0 Å². The largest absolute Gasteiger partial charge is 0.460 e. The van der Waals surface area contributed by atoms with Gasteiger partial charge in [0, 0.05) is 24.8 Å². The fourth-order valence-electron chi connectivity index (χ4n) is 2.23. The number of aromatic nitrogens is 2. The lowest BCUT2D eigenvalue weighted by atomic mass is 10.1. The van der Waals surface area contributed by atoms with E-state index in [-0.39, 0.29) is 11.9 Å². The predicted molar refractivity (Wildman–Crippen MR) is 78.8 cm³/mol. The fraction of sp³-hybridized carbons (Fsp3) is 0.375. The zero-order valence-electron chi connectivity index (χ0n) is 12.0. The Balaban J connectivity index is 1.57. The van der Waals surface area contributed by atoms with Crippen molar-refractivity contribution in [2.75, 3.05) is 13.1 Å². The first-order valence-electron chi connectivity index (χ1n) is 7.19. The minimum Gasteiger partial charge on any atom is -0.460 e. The summed E-state index contributed by atoms with van der Waals surface area (Å²) in [4.78, 5) is 12.1. The Kier molecular flexibility index (Phi) is 4.01. The highest BCUT2D eigenvalue weighted by Gasteiger charge is 2.23. The Labute approximate surface area is 123 Å². The number of carbonyl (C=O) groups excluding carboxylic acids is 1. The molecule has 2 aromatic rings. The lowest BCUT2D eigenvalue weighted by Gasteiger charge is -2.27. The number of nitrogens with zero attached hydrogens (tertiary/aromatic N) is 2. The monoisotopic (exact) mass is 285 g/mol. The van der Waals surface area contributed by atoms with Crippen molar-refractivity contribution in [3.05, 3.63) is 53.9 Å². The Morgan fingerprint density at radius 2 is 2.19 bits per heavy atom. The van der Waals surface area contributed by atoms with E-state index in [1.165, 1.54) is 0 Å². The summed E-state index contributed by atoms with van der Waals surface area (Å²) in [5.74, 6) is -0.513. The van der Waals surface area contributed by atoms with Crippen LogP contribution in [-0.2, 0) is 16.1 Å². The maximum atomic E-state index is 12.1. The van der Waals surface area contributed by atoms with E-state index in [2.05, 4.69) is 10.4 Å². The third-order valence-corrected chi connectivity index (χ3v) is 3.83. The summed E-state index contributed by atoms with van der Waals surface area (Å²) in [6.07, 6.45) is 3.70. The molecule has 1 unspecified atom stereocenters. The number of nitrogens with one attached hydrogen (secondary N) is 1. The van der Waals surface area contributed by atoms with Crippen LogP contribution in [0.2, 0.25) is 0 Å². The molecule has 5 nitrogen and oxygen atoms in total. The standard InChI is InChI=1S/C16H19N3O2/c1-12(14-7-18-19(10-14)15-8-17-9-15)16(20)21-11-13-5-3-2-4-6-13/h2-7,10,12,15,17H,8-9,11H2,1H3. The first-order chi connectivity index (χ1) is 10.2. The lowest BCUT2D eigenvalue weighted by molar-refractivity contribution is -0.146. The zero-order valence-corrected chi connectivity index (χ0v) is 12.0. The van der Waals surface area contributed by atoms with E-state index in [0.717, 1.165) is 24.2 Å². The molecule has 1 aromatic carbocycles. The summed E-state index contributed by atoms with van der Waals surface area (Å²) in [6, 6.07) is 10.1. The van der Waals surface area contributed by atoms with Gasteiger partial charge in [-0.25, -0.2) is 0 Å². The van der Waals surface area contributed by atoms with Gasteiger partial charge in [0.1, 0.15) is 6.61 Å². The summed E-state index contributed by atoms with van der Waals surface area (Å²) < 4.78 is 7.29. The molecule has 1 N–H and O–H groups in total. The van der Waals surface area contributed by atoms with E-state index in [0.29, 0.717) is 12.6 Å². The molecule has 0 bridgehead atoms. The van der Waals surface area contributed by atoms with Gasteiger partial charge in [0.2, 0.25) is 0 Å². The van der Waals surface area contributed by atoms with Crippen LogP contribution < -0.4 is 5.32 Å². The molecule has 1 atom stereocenters. The summed E-state index contributed by atoms with van der Waals surface area (Å²) in [6.45, 7) is 4.04. The maximum Gasteiger partial charge on any atom is 0.313 e. The minimum absolute atomic E-state index is 0.217. The second-order valence-corrected chi connectivity index (χ2v) is 5.38. The molecule has 3 rings (SSSR count). The molecule has 1 fully saturated rings. The van der Waals surface area contributed by atoms with E-state index in [9.17, 15) is 4.79 Å². The maximum absolute atomic E-state index is 12.1. The van der Waals surface area contributed by atoms with Gasteiger partial charge in [0.25, 0.3) is 0 Å². The SMILES string of the molecule is CC(C(=O)OCc1ccccc1)c1cnn(C2CNC2)c1. The Morgan fingerprint density at radius 1 is 1.43 bits per heavy atom. The third-order valence-electron chi connectivity index (χ3n) is 3.83. The number of hydrogen-bond acceptors (Lipinski definition) is 4. The highest BCUT2D eigenvalue weighted by molar-refractivity contribution is 5.77. The first kappa shape index (κ1) is 13.8. The fourth-order valence-corrected chi connectivity index (χ4v) is 2.23. The highest BCUT2D eigenvalue weighted by atomic mass is 16.5. The van der Waals surface area contributed by atoms with Gasteiger partial charge < -0.3 is 10.1 Å². The summed E-state index contributed by atoms with van der Waals surface area (Å²) in [5.41, 5.74) is 1.90. The molecule has 1 aromatic heterocycles. The van der Waals surface area contributed by atoms with Crippen LogP contribution in [0.3, 0.4) is 0 Å². The Bertz CT molecular complexity index is 605. The summed E-state index contributed by atoms with van der Waals surface area (Å²) >= 11 is 0. The highest BCUT2D eigenvalue weighted by Crippen LogP contribution is 2.19. The topological polar surface area (TPSA) is 56.1 Å². The van der Waals surface area contributed by atoms with Gasteiger partial charge >= 0.3 is 5.97 Å². The molecule has 0 aliphatic carbocycles. The van der Waals surface area contributed by atoms with Crippen molar-refractivity contribution < 1.29 is 9.53 Å². The molecule has 21 heavy (non-hydrogen) atoms. The van der Waals surface area contributed by atoms with Gasteiger partial charge in [0.05, 0.1) is 18.2 Å². The van der Waals surface area contributed by atoms with E-state index in [4.69, 9.17) is 4.74 Å². The Morgan fingerprint density at radius 3 is 2.86 bits per heavy atom. The second kappa shape index (κ2) is 6.10. The minimum atomic E-state index is -0.296. The van der Waals surface area contributed by atoms with Crippen LogP contribution in [0.25, 0.3) is 0 Å². The van der Waals surface area contributed by atoms with Gasteiger partial charge in [0.15, 0.2) is 0 Å². The van der Waals surface area contributed by atoms with E-state index >= 15 is 0 Å². The van der Waals surface area contributed by atoms with E-state index < -0.39 is 0 Å². The van der Waals surface area contributed by atoms with Crippen LogP contribution in [0.1, 0.15) is 30.0 Å². The number of rotatable bonds is 5. The van der Waals surface area contributed by atoms with Crippen LogP contribution in [0, 0.1) is 0 Å². The van der Waals surface area contributed by atoms with Gasteiger partial charge in [-0.2, -0.15) is 5.10 Å². The molecular weight excluding hydrogens is 266 g/mol. The molecule has 1 aliphatic heterocycles. The third kappa shape index (κ3) is 3.13. The van der Waals surface area contributed by atoms with E-state index in [1.807, 2.05) is 48.1 Å². The molecule has 0 spiro atoms. The van der Waals surface area contributed by atoms with Crippen LogP contribution in [0.5, 0.6) is 0 Å². The van der Waals surface area contributed by atoms with Crippen molar-refractivity contribution in [3.8, 4) is 0 Å². The van der Waals surface area contributed by atoms with Crippen LogP contribution >= 0.6 is 0 Å². The number of hydrogen-bond donors (Lipinski definition) is 1. The second-order valence-electron chi connectivity index (χ2n) is 5.38. The zero-order chi connectivity index (χ0) is 14.7. The van der Waals surface area contributed by atoms with Gasteiger partial charge in [-0.15, -0.1) is 0 Å². The number of ether oxygens (including phenoxy) is 1. The number of esters is 1. The summed E-state index contributed by atoms with van der Waals surface area (Å²) in [7, 11) is 0. The molecule has 5 heteroatoms. The van der Waals surface area contributed by atoms with Crippen molar-refractivity contribution >= 4 is 5.97 Å². The molecule has 0 amide bonds. The van der Waals surface area contributed by atoms with Gasteiger partial charge in [-0.3, -0.25) is 9.48 Å². The van der Waals surface area contributed by atoms with Crippen molar-refractivity contribution in [2.45, 2.75) is 25.5 Å². The molecular formula is C16H19N3O2. The molecule has 1 aliphatic rings. The van der Waals surface area contributed by atoms with E-state index in [1.54, 1.807) is 6.20 Å². The number of carbonyl (C=O) groups is 1. The Hall–Kier alpha value is -2.14. The average Bonchev–Trinajstić information content (AvgIpc) is 2.92. The van der Waals surface area contributed by atoms with Crippen molar-refractivity contribution in [3.63, 3.8) is 0 Å². The first-order valence-corrected chi connectivity index (χ1v) is 7.19. The predicted octanol–water partition coefficient (Wildman–Crippen LogP) is 1.87. The molecule has 110 valence electrons. The lowest BCUT2D eigenvalue weighted by Crippen LogP contribution is -2.43. The quantitative estimate of drug-likeness (QED) is 0.852.